The Labute approximate surface area is 469 Å². The number of rotatable bonds is 65. The summed E-state index contributed by atoms with van der Waals surface area (Å²) in [6.45, 7) is 4.98. The maximum Gasteiger partial charge on any atom is 0.305 e. The number of allylic oxidation sites excluding steroid dienone is 2. The van der Waals surface area contributed by atoms with Crippen molar-refractivity contribution < 1.29 is 24.5 Å². The van der Waals surface area contributed by atoms with E-state index >= 15 is 0 Å². The van der Waals surface area contributed by atoms with Crippen LogP contribution in [-0.4, -0.2) is 47.4 Å². The zero-order valence-electron chi connectivity index (χ0n) is 51.1. The van der Waals surface area contributed by atoms with Gasteiger partial charge in [-0.1, -0.05) is 341 Å². The fraction of sp³-hybridized carbons (Fsp3) is 0.942. The van der Waals surface area contributed by atoms with Gasteiger partial charge in [0.25, 0.3) is 0 Å². The van der Waals surface area contributed by atoms with Crippen LogP contribution in [0.3, 0.4) is 0 Å². The largest absolute Gasteiger partial charge is 0.466 e. The molecule has 0 spiro atoms. The van der Waals surface area contributed by atoms with Crippen LogP contribution in [-0.2, 0) is 14.3 Å². The average Bonchev–Trinajstić information content (AvgIpc) is 3.41. The summed E-state index contributed by atoms with van der Waals surface area (Å²) in [4.78, 5) is 24.6. The van der Waals surface area contributed by atoms with E-state index in [2.05, 4.69) is 31.3 Å². The van der Waals surface area contributed by atoms with Crippen LogP contribution in [0.25, 0.3) is 0 Å². The molecule has 1 amide bonds. The zero-order valence-corrected chi connectivity index (χ0v) is 51.1. The summed E-state index contributed by atoms with van der Waals surface area (Å²) in [5.41, 5.74) is 0. The molecular formula is C69H135NO5. The van der Waals surface area contributed by atoms with Gasteiger partial charge in [-0.3, -0.25) is 9.59 Å². The van der Waals surface area contributed by atoms with Crippen LogP contribution in [0.2, 0.25) is 0 Å². The van der Waals surface area contributed by atoms with Crippen molar-refractivity contribution in [2.75, 3.05) is 13.2 Å². The van der Waals surface area contributed by atoms with Gasteiger partial charge in [-0.2, -0.15) is 0 Å². The summed E-state index contributed by atoms with van der Waals surface area (Å²) < 4.78 is 5.47. The lowest BCUT2D eigenvalue weighted by molar-refractivity contribution is -0.143. The number of nitrogens with one attached hydrogen (secondary N) is 1. The molecule has 2 unspecified atom stereocenters. The number of ether oxygens (including phenoxy) is 1. The number of carbonyl (C=O) groups excluding carboxylic acids is 2. The van der Waals surface area contributed by atoms with Crippen LogP contribution in [0.15, 0.2) is 12.2 Å². The highest BCUT2D eigenvalue weighted by molar-refractivity contribution is 5.76. The molecule has 446 valence electrons. The molecule has 75 heavy (non-hydrogen) atoms. The van der Waals surface area contributed by atoms with E-state index in [0.29, 0.717) is 25.9 Å². The van der Waals surface area contributed by atoms with Crippen molar-refractivity contribution in [3.05, 3.63) is 12.2 Å². The van der Waals surface area contributed by atoms with Crippen molar-refractivity contribution in [2.45, 2.75) is 405 Å². The molecule has 0 heterocycles. The van der Waals surface area contributed by atoms with Gasteiger partial charge >= 0.3 is 5.97 Å². The Morgan fingerprint density at radius 3 is 0.947 bits per heavy atom. The van der Waals surface area contributed by atoms with Gasteiger partial charge in [0.15, 0.2) is 0 Å². The number of hydrogen-bond donors (Lipinski definition) is 3. The molecule has 6 nitrogen and oxygen atoms in total. The summed E-state index contributed by atoms with van der Waals surface area (Å²) in [6.07, 6.45) is 79.6. The molecule has 0 aromatic rings. The highest BCUT2D eigenvalue weighted by atomic mass is 16.5. The van der Waals surface area contributed by atoms with Crippen LogP contribution >= 0.6 is 0 Å². The molecule has 2 atom stereocenters. The first kappa shape index (κ1) is 73.6. The number of unbranched alkanes of at least 4 members (excludes halogenated alkanes) is 52. The molecule has 6 heteroatoms. The molecule has 0 aromatic carbocycles. The molecule has 0 aliphatic rings. The number of carbonyl (C=O) groups is 2. The van der Waals surface area contributed by atoms with Crippen molar-refractivity contribution in [3.8, 4) is 0 Å². The number of aliphatic hydroxyl groups is 2. The molecule has 0 fully saturated rings. The normalized spacial score (nSPS) is 12.5. The highest BCUT2D eigenvalue weighted by Crippen LogP contribution is 2.19. The highest BCUT2D eigenvalue weighted by Gasteiger charge is 2.20. The van der Waals surface area contributed by atoms with E-state index in [9.17, 15) is 19.8 Å². The SMILES string of the molecule is CCCCCCCCCCCCCCCCCCCCCCCCCCC(O)C(CO)NC(=O)CCCCCCCCC/C=C\CCCCCCCCCCCCCCOC(=O)CCCCCCCCCCCCC. The Morgan fingerprint density at radius 2 is 0.627 bits per heavy atom. The van der Waals surface area contributed by atoms with E-state index in [-0.39, 0.29) is 18.5 Å². The van der Waals surface area contributed by atoms with E-state index in [0.717, 1.165) is 38.5 Å². The summed E-state index contributed by atoms with van der Waals surface area (Å²) in [5, 5.41) is 23.4. The molecule has 0 saturated carbocycles. The Balaban J connectivity index is 3.41. The summed E-state index contributed by atoms with van der Waals surface area (Å²) in [6, 6.07) is -0.547. The van der Waals surface area contributed by atoms with E-state index in [4.69, 9.17) is 4.74 Å². The smallest absolute Gasteiger partial charge is 0.305 e. The van der Waals surface area contributed by atoms with Crippen molar-refractivity contribution in [3.63, 3.8) is 0 Å². The van der Waals surface area contributed by atoms with Gasteiger partial charge in [0.2, 0.25) is 5.91 Å². The van der Waals surface area contributed by atoms with E-state index in [1.165, 1.54) is 321 Å². The van der Waals surface area contributed by atoms with E-state index < -0.39 is 12.1 Å². The Hall–Kier alpha value is -1.40. The molecule has 0 saturated heterocycles. The molecule has 0 radical (unpaired) electrons. The van der Waals surface area contributed by atoms with Gasteiger partial charge < -0.3 is 20.3 Å². The first-order valence-electron chi connectivity index (χ1n) is 34.4. The van der Waals surface area contributed by atoms with Gasteiger partial charge in [-0.25, -0.2) is 0 Å². The van der Waals surface area contributed by atoms with Gasteiger partial charge in [-0.15, -0.1) is 0 Å². The minimum atomic E-state index is -0.669. The minimum absolute atomic E-state index is 0.0123. The Morgan fingerprint density at radius 1 is 0.360 bits per heavy atom. The van der Waals surface area contributed by atoms with Gasteiger partial charge in [0, 0.05) is 12.8 Å². The van der Waals surface area contributed by atoms with Gasteiger partial charge in [0.1, 0.15) is 0 Å². The van der Waals surface area contributed by atoms with Crippen molar-refractivity contribution in [1.29, 1.82) is 0 Å². The molecule has 0 aliphatic carbocycles. The summed E-state index contributed by atoms with van der Waals surface area (Å²) >= 11 is 0. The number of aliphatic hydroxyl groups excluding tert-OH is 2. The maximum atomic E-state index is 12.5. The second-order valence-corrected chi connectivity index (χ2v) is 23.9. The van der Waals surface area contributed by atoms with Crippen LogP contribution in [0, 0.1) is 0 Å². The maximum absolute atomic E-state index is 12.5. The molecule has 0 bridgehead atoms. The quantitative estimate of drug-likeness (QED) is 0.0320. The second kappa shape index (κ2) is 65.1. The summed E-state index contributed by atoms with van der Waals surface area (Å²) in [7, 11) is 0. The second-order valence-electron chi connectivity index (χ2n) is 23.9. The van der Waals surface area contributed by atoms with E-state index in [1.54, 1.807) is 0 Å². The first-order valence-corrected chi connectivity index (χ1v) is 34.4. The third-order valence-corrected chi connectivity index (χ3v) is 16.3. The first-order chi connectivity index (χ1) is 37.0. The fourth-order valence-electron chi connectivity index (χ4n) is 11.1. The topological polar surface area (TPSA) is 95.9 Å². The van der Waals surface area contributed by atoms with Gasteiger partial charge in [0.05, 0.1) is 25.4 Å². The third kappa shape index (κ3) is 61.7. The predicted octanol–water partition coefficient (Wildman–Crippen LogP) is 22.0. The zero-order chi connectivity index (χ0) is 54.3. The Bertz CT molecular complexity index is 1130. The lowest BCUT2D eigenvalue weighted by Crippen LogP contribution is -2.45. The molecule has 0 aromatic heterocycles. The molecule has 0 rings (SSSR count). The number of esters is 1. The van der Waals surface area contributed by atoms with Crippen molar-refractivity contribution in [1.82, 2.24) is 5.32 Å². The van der Waals surface area contributed by atoms with Gasteiger partial charge in [-0.05, 0) is 51.4 Å². The average molecular weight is 1060 g/mol. The molecule has 0 aliphatic heterocycles. The third-order valence-electron chi connectivity index (χ3n) is 16.3. The number of hydrogen-bond acceptors (Lipinski definition) is 5. The van der Waals surface area contributed by atoms with Crippen LogP contribution in [0.1, 0.15) is 393 Å². The van der Waals surface area contributed by atoms with Crippen LogP contribution < -0.4 is 5.32 Å². The molecular weight excluding hydrogens is 923 g/mol. The van der Waals surface area contributed by atoms with E-state index in [1.807, 2.05) is 0 Å². The number of amides is 1. The fourth-order valence-corrected chi connectivity index (χ4v) is 11.1. The Kier molecular flexibility index (Phi) is 63.9. The lowest BCUT2D eigenvalue weighted by Gasteiger charge is -2.22. The van der Waals surface area contributed by atoms with Crippen molar-refractivity contribution in [2.24, 2.45) is 0 Å². The molecule has 3 N–H and O–H groups in total. The monoisotopic (exact) mass is 1060 g/mol. The lowest BCUT2D eigenvalue weighted by atomic mass is 10.0. The minimum Gasteiger partial charge on any atom is -0.466 e. The van der Waals surface area contributed by atoms with Crippen LogP contribution in [0.4, 0.5) is 0 Å². The summed E-state index contributed by atoms with van der Waals surface area (Å²) in [5.74, 6) is -0.0240. The predicted molar refractivity (Wildman–Crippen MR) is 329 cm³/mol. The van der Waals surface area contributed by atoms with Crippen molar-refractivity contribution >= 4 is 11.9 Å². The van der Waals surface area contributed by atoms with Crippen LogP contribution in [0.5, 0.6) is 0 Å². The standard InChI is InChI=1S/C69H135NO5/c1-3-5-7-9-11-13-15-16-17-18-19-20-21-23-26-29-32-35-38-42-45-49-53-57-61-67(72)66(65-71)70-68(73)62-58-54-50-46-43-39-36-33-30-27-24-22-25-28-31-34-37-40-44-48-52-56-60-64-75-69(74)63-59-55-51-47-41-14-12-10-8-6-4-2/h27,30,66-67,71-72H,3-26,28-29,31-65H2,1-2H3,(H,70,73)/b30-27-.